The van der Waals surface area contributed by atoms with Gasteiger partial charge in [0.1, 0.15) is 5.82 Å². The highest BCUT2D eigenvalue weighted by molar-refractivity contribution is 5.95. The smallest absolute Gasteiger partial charge is 0.251 e. The van der Waals surface area contributed by atoms with Gasteiger partial charge in [0.15, 0.2) is 0 Å². The third-order valence-electron chi connectivity index (χ3n) is 3.33. The zero-order valence-corrected chi connectivity index (χ0v) is 11.1. The van der Waals surface area contributed by atoms with Crippen LogP contribution < -0.4 is 10.6 Å². The van der Waals surface area contributed by atoms with Gasteiger partial charge in [-0.15, -0.1) is 0 Å². The van der Waals surface area contributed by atoms with Crippen molar-refractivity contribution in [3.63, 3.8) is 0 Å². The highest BCUT2D eigenvalue weighted by Crippen LogP contribution is 2.11. The standard InChI is InChI=1S/C15H19FN2O/c1-11-2-3-13(16)10-14(11)15(19)18-9-6-12-4-7-17-8-5-12/h2-4,10,17H,5-9H2,1H3,(H,18,19). The predicted molar refractivity (Wildman–Crippen MR) is 73.7 cm³/mol. The summed E-state index contributed by atoms with van der Waals surface area (Å²) in [4.78, 5) is 11.9. The third-order valence-corrected chi connectivity index (χ3v) is 3.33. The van der Waals surface area contributed by atoms with E-state index >= 15 is 0 Å². The average molecular weight is 262 g/mol. The van der Waals surface area contributed by atoms with E-state index in [1.807, 2.05) is 6.92 Å². The average Bonchev–Trinajstić information content (AvgIpc) is 2.42. The van der Waals surface area contributed by atoms with E-state index in [-0.39, 0.29) is 11.7 Å². The van der Waals surface area contributed by atoms with Crippen molar-refractivity contribution in [1.82, 2.24) is 10.6 Å². The fourth-order valence-electron chi connectivity index (χ4n) is 2.17. The van der Waals surface area contributed by atoms with E-state index in [2.05, 4.69) is 16.7 Å². The van der Waals surface area contributed by atoms with Crippen molar-refractivity contribution in [2.24, 2.45) is 0 Å². The topological polar surface area (TPSA) is 41.1 Å². The van der Waals surface area contributed by atoms with Crippen molar-refractivity contribution in [3.8, 4) is 0 Å². The first-order valence-electron chi connectivity index (χ1n) is 6.60. The van der Waals surface area contributed by atoms with Crippen LogP contribution in [-0.4, -0.2) is 25.5 Å². The number of hydrogen-bond acceptors (Lipinski definition) is 2. The second-order valence-corrected chi connectivity index (χ2v) is 4.78. The van der Waals surface area contributed by atoms with Crippen molar-refractivity contribution in [3.05, 3.63) is 46.8 Å². The number of nitrogens with one attached hydrogen (secondary N) is 2. The Morgan fingerprint density at radius 3 is 3.05 bits per heavy atom. The molecule has 0 unspecified atom stereocenters. The quantitative estimate of drug-likeness (QED) is 0.817. The fourth-order valence-corrected chi connectivity index (χ4v) is 2.17. The van der Waals surface area contributed by atoms with Crippen molar-refractivity contribution < 1.29 is 9.18 Å². The van der Waals surface area contributed by atoms with E-state index < -0.39 is 0 Å². The molecule has 0 saturated carbocycles. The van der Waals surface area contributed by atoms with Gasteiger partial charge in [-0.2, -0.15) is 0 Å². The van der Waals surface area contributed by atoms with Gasteiger partial charge in [0.25, 0.3) is 5.91 Å². The maximum atomic E-state index is 13.1. The second kappa shape index (κ2) is 6.48. The summed E-state index contributed by atoms with van der Waals surface area (Å²) in [5.41, 5.74) is 2.58. The van der Waals surface area contributed by atoms with Gasteiger partial charge in [-0.1, -0.05) is 17.7 Å². The molecule has 1 aliphatic rings. The summed E-state index contributed by atoms with van der Waals surface area (Å²) >= 11 is 0. The largest absolute Gasteiger partial charge is 0.352 e. The number of carbonyl (C=O) groups is 1. The molecule has 1 aromatic carbocycles. The summed E-state index contributed by atoms with van der Waals surface area (Å²) in [7, 11) is 0. The Balaban J connectivity index is 1.87. The first-order chi connectivity index (χ1) is 9.16. The Morgan fingerprint density at radius 1 is 1.47 bits per heavy atom. The zero-order chi connectivity index (χ0) is 13.7. The van der Waals surface area contributed by atoms with Gasteiger partial charge in [-0.05, 0) is 44.0 Å². The van der Waals surface area contributed by atoms with Crippen LogP contribution >= 0.6 is 0 Å². The number of carbonyl (C=O) groups excluding carboxylic acids is 1. The van der Waals surface area contributed by atoms with Crippen LogP contribution in [0.15, 0.2) is 29.8 Å². The lowest BCUT2D eigenvalue weighted by Crippen LogP contribution is -2.27. The molecule has 0 fully saturated rings. The summed E-state index contributed by atoms with van der Waals surface area (Å²) < 4.78 is 13.1. The van der Waals surface area contributed by atoms with Crippen molar-refractivity contribution >= 4 is 5.91 Å². The Hall–Kier alpha value is -1.68. The minimum atomic E-state index is -0.378. The van der Waals surface area contributed by atoms with Crippen LogP contribution in [0, 0.1) is 12.7 Å². The van der Waals surface area contributed by atoms with Crippen LogP contribution in [0.1, 0.15) is 28.8 Å². The molecular formula is C15H19FN2O. The lowest BCUT2D eigenvalue weighted by atomic mass is 10.1. The molecule has 0 atom stereocenters. The van der Waals surface area contributed by atoms with E-state index in [4.69, 9.17) is 0 Å². The van der Waals surface area contributed by atoms with E-state index in [1.165, 1.54) is 17.7 Å². The summed E-state index contributed by atoms with van der Waals surface area (Å²) in [5, 5.41) is 6.10. The molecule has 1 aliphatic heterocycles. The molecule has 0 aliphatic carbocycles. The molecule has 19 heavy (non-hydrogen) atoms. The number of rotatable bonds is 4. The normalized spacial score (nSPS) is 14.9. The molecular weight excluding hydrogens is 243 g/mol. The van der Waals surface area contributed by atoms with Gasteiger partial charge in [-0.3, -0.25) is 4.79 Å². The van der Waals surface area contributed by atoms with Crippen LogP contribution in [0.25, 0.3) is 0 Å². The molecule has 102 valence electrons. The molecule has 1 amide bonds. The first kappa shape index (κ1) is 13.7. The maximum absolute atomic E-state index is 13.1. The predicted octanol–water partition coefficient (Wildman–Crippen LogP) is 2.17. The summed E-state index contributed by atoms with van der Waals surface area (Å²) in [6.45, 7) is 4.32. The molecule has 1 aromatic rings. The Bertz CT molecular complexity index is 497. The fraction of sp³-hybridized carbons (Fsp3) is 0.400. The Kier molecular flexibility index (Phi) is 4.68. The maximum Gasteiger partial charge on any atom is 0.251 e. The summed E-state index contributed by atoms with van der Waals surface area (Å²) in [5.74, 6) is -0.580. The molecule has 2 rings (SSSR count). The van der Waals surface area contributed by atoms with E-state index in [0.29, 0.717) is 12.1 Å². The van der Waals surface area contributed by atoms with Crippen LogP contribution in [0.5, 0.6) is 0 Å². The molecule has 0 saturated heterocycles. The van der Waals surface area contributed by atoms with E-state index in [1.54, 1.807) is 6.07 Å². The number of halogens is 1. The van der Waals surface area contributed by atoms with Gasteiger partial charge in [0.05, 0.1) is 0 Å². The minimum absolute atomic E-state index is 0.202. The highest BCUT2D eigenvalue weighted by Gasteiger charge is 2.10. The number of benzene rings is 1. The molecule has 4 heteroatoms. The lowest BCUT2D eigenvalue weighted by Gasteiger charge is -2.14. The molecule has 0 radical (unpaired) electrons. The Labute approximate surface area is 112 Å². The zero-order valence-electron chi connectivity index (χ0n) is 11.1. The monoisotopic (exact) mass is 262 g/mol. The van der Waals surface area contributed by atoms with Gasteiger partial charge in [0, 0.05) is 18.7 Å². The van der Waals surface area contributed by atoms with Crippen molar-refractivity contribution in [2.75, 3.05) is 19.6 Å². The highest BCUT2D eigenvalue weighted by atomic mass is 19.1. The summed E-state index contributed by atoms with van der Waals surface area (Å²) in [6, 6.07) is 4.28. The van der Waals surface area contributed by atoms with E-state index in [0.717, 1.165) is 31.5 Å². The molecule has 1 heterocycles. The van der Waals surface area contributed by atoms with Crippen LogP contribution in [-0.2, 0) is 0 Å². The number of hydrogen-bond donors (Lipinski definition) is 2. The van der Waals surface area contributed by atoms with Crippen LogP contribution in [0.3, 0.4) is 0 Å². The molecule has 2 N–H and O–H groups in total. The third kappa shape index (κ3) is 3.89. The molecule has 0 spiro atoms. The van der Waals surface area contributed by atoms with Gasteiger partial charge >= 0.3 is 0 Å². The summed E-state index contributed by atoms with van der Waals surface area (Å²) in [6.07, 6.45) is 4.07. The SMILES string of the molecule is Cc1ccc(F)cc1C(=O)NCCC1=CCNCC1. The van der Waals surface area contributed by atoms with Crippen molar-refractivity contribution in [1.29, 1.82) is 0 Å². The Morgan fingerprint density at radius 2 is 2.32 bits per heavy atom. The van der Waals surface area contributed by atoms with E-state index in [9.17, 15) is 9.18 Å². The van der Waals surface area contributed by atoms with Crippen LogP contribution in [0.2, 0.25) is 0 Å². The minimum Gasteiger partial charge on any atom is -0.352 e. The molecule has 3 nitrogen and oxygen atoms in total. The van der Waals surface area contributed by atoms with Crippen LogP contribution in [0.4, 0.5) is 4.39 Å². The number of amides is 1. The van der Waals surface area contributed by atoms with Gasteiger partial charge in [-0.25, -0.2) is 4.39 Å². The van der Waals surface area contributed by atoms with Gasteiger partial charge < -0.3 is 10.6 Å². The van der Waals surface area contributed by atoms with Gasteiger partial charge in [0.2, 0.25) is 0 Å². The first-order valence-corrected chi connectivity index (χ1v) is 6.60. The molecule has 0 aromatic heterocycles. The number of aryl methyl sites for hydroxylation is 1. The molecule has 0 bridgehead atoms. The van der Waals surface area contributed by atoms with Crippen molar-refractivity contribution in [2.45, 2.75) is 19.8 Å². The second-order valence-electron chi connectivity index (χ2n) is 4.78. The lowest BCUT2D eigenvalue weighted by molar-refractivity contribution is 0.0953.